The Bertz CT molecular complexity index is 374. The number of H-pyrrole nitrogens is 1. The summed E-state index contributed by atoms with van der Waals surface area (Å²) in [5.74, 6) is -4.90. The third-order valence-corrected chi connectivity index (χ3v) is 1.48. The first-order valence-corrected chi connectivity index (χ1v) is 3.23. The molecule has 1 heterocycles. The van der Waals surface area contributed by atoms with Crippen molar-refractivity contribution in [2.75, 3.05) is 0 Å². The molecular formula is C3H2N6O6. The summed E-state index contributed by atoms with van der Waals surface area (Å²) in [6.45, 7) is 0. The van der Waals surface area contributed by atoms with E-state index in [1.807, 2.05) is 5.10 Å². The van der Waals surface area contributed by atoms with Gasteiger partial charge in [-0.3, -0.25) is 35.4 Å². The number of hydrogen-bond acceptors (Lipinski definition) is 8. The van der Waals surface area contributed by atoms with Gasteiger partial charge < -0.3 is 0 Å². The van der Waals surface area contributed by atoms with Gasteiger partial charge in [-0.05, 0) is 0 Å². The van der Waals surface area contributed by atoms with Crippen LogP contribution in [0.4, 0.5) is 0 Å². The van der Waals surface area contributed by atoms with Gasteiger partial charge in [-0.25, -0.2) is 0 Å². The third kappa shape index (κ3) is 1.23. The first-order chi connectivity index (χ1) is 6.94. The molecule has 1 N–H and O–H groups in total. The Morgan fingerprint density at radius 2 is 1.60 bits per heavy atom. The van der Waals surface area contributed by atoms with E-state index >= 15 is 0 Å². The molecule has 0 spiro atoms. The maximum absolute atomic E-state index is 10.4. The SMILES string of the molecule is O=[N+]([O-])C(c1nc[nH]n1)([N+](=O)[O-])[N+](=O)[O-]. The zero-order chi connectivity index (χ0) is 11.6. The van der Waals surface area contributed by atoms with Crippen LogP contribution in [0.2, 0.25) is 0 Å². The fraction of sp³-hybridized carbons (Fsp3) is 0.333. The average molecular weight is 218 g/mol. The lowest BCUT2D eigenvalue weighted by atomic mass is 10.3. The minimum absolute atomic E-state index is 0.764. The van der Waals surface area contributed by atoms with Gasteiger partial charge in [0.2, 0.25) is 0 Å². The molecule has 0 aliphatic carbocycles. The first kappa shape index (κ1) is 10.4. The van der Waals surface area contributed by atoms with Crippen LogP contribution in [0.1, 0.15) is 5.82 Å². The second-order valence-corrected chi connectivity index (χ2v) is 2.23. The highest BCUT2D eigenvalue weighted by Gasteiger charge is 2.76. The van der Waals surface area contributed by atoms with Crippen LogP contribution in [0.3, 0.4) is 0 Å². The summed E-state index contributed by atoms with van der Waals surface area (Å²) in [6.07, 6.45) is 0.764. The molecule has 0 radical (unpaired) electrons. The van der Waals surface area contributed by atoms with E-state index in [2.05, 4.69) is 10.1 Å². The number of nitrogens with zero attached hydrogens (tertiary/aromatic N) is 5. The molecule has 15 heavy (non-hydrogen) atoms. The molecule has 0 atom stereocenters. The van der Waals surface area contributed by atoms with Gasteiger partial charge in [0, 0.05) is 0 Å². The molecule has 0 saturated carbocycles. The molecule has 0 aromatic carbocycles. The highest BCUT2D eigenvalue weighted by atomic mass is 16.7. The molecule has 0 unspecified atom stereocenters. The molecule has 0 saturated heterocycles. The fourth-order valence-corrected chi connectivity index (χ4v) is 0.815. The van der Waals surface area contributed by atoms with Gasteiger partial charge in [-0.15, -0.1) is 5.10 Å². The van der Waals surface area contributed by atoms with Crippen LogP contribution in [-0.4, -0.2) is 30.0 Å². The van der Waals surface area contributed by atoms with Crippen molar-refractivity contribution in [3.63, 3.8) is 0 Å². The van der Waals surface area contributed by atoms with Gasteiger partial charge in [0.05, 0.1) is 0 Å². The lowest BCUT2D eigenvalue weighted by Crippen LogP contribution is -2.51. The summed E-state index contributed by atoms with van der Waals surface area (Å²) in [7, 11) is 0. The summed E-state index contributed by atoms with van der Waals surface area (Å²) < 4.78 is 0. The standard InChI is InChI=1S/C3H2N6O6/c10-7(11)3(8(12)13,9(14)15)2-4-1-5-6-2/h1H,(H,4,5,6). The van der Waals surface area contributed by atoms with Gasteiger partial charge in [0.15, 0.2) is 14.8 Å². The Morgan fingerprint density at radius 1 is 1.13 bits per heavy atom. The highest BCUT2D eigenvalue weighted by Crippen LogP contribution is 2.22. The van der Waals surface area contributed by atoms with Crippen molar-refractivity contribution in [2.45, 2.75) is 5.79 Å². The van der Waals surface area contributed by atoms with Gasteiger partial charge in [0.25, 0.3) is 0 Å². The van der Waals surface area contributed by atoms with E-state index in [0.29, 0.717) is 0 Å². The number of hydrogen-bond donors (Lipinski definition) is 1. The quantitative estimate of drug-likeness (QED) is 0.370. The van der Waals surface area contributed by atoms with Crippen molar-refractivity contribution in [2.24, 2.45) is 0 Å². The van der Waals surface area contributed by atoms with E-state index < -0.39 is 26.4 Å². The topological polar surface area (TPSA) is 171 Å². The van der Waals surface area contributed by atoms with Gasteiger partial charge in [-0.1, -0.05) is 0 Å². The molecule has 12 heteroatoms. The minimum Gasteiger partial charge on any atom is -0.265 e. The second kappa shape index (κ2) is 3.24. The summed E-state index contributed by atoms with van der Waals surface area (Å²) >= 11 is 0. The third-order valence-electron chi connectivity index (χ3n) is 1.48. The summed E-state index contributed by atoms with van der Waals surface area (Å²) in [5, 5.41) is 36.2. The molecule has 80 valence electrons. The average Bonchev–Trinajstić information content (AvgIpc) is 2.55. The number of rotatable bonds is 4. The summed E-state index contributed by atoms with van der Waals surface area (Å²) in [5.41, 5.74) is 0. The molecule has 1 aromatic heterocycles. The molecule has 0 amide bonds. The zero-order valence-electron chi connectivity index (χ0n) is 6.76. The minimum atomic E-state index is -3.76. The van der Waals surface area contributed by atoms with Crippen LogP contribution in [0.5, 0.6) is 0 Å². The van der Waals surface area contributed by atoms with E-state index in [9.17, 15) is 30.3 Å². The Balaban J connectivity index is 3.47. The molecule has 0 fully saturated rings. The number of nitro groups is 3. The van der Waals surface area contributed by atoms with Gasteiger partial charge in [-0.2, -0.15) is 4.98 Å². The molecule has 12 nitrogen and oxygen atoms in total. The van der Waals surface area contributed by atoms with Crippen LogP contribution in [0.25, 0.3) is 0 Å². The Hall–Kier alpha value is -2.66. The lowest BCUT2D eigenvalue weighted by Gasteiger charge is -2.03. The molecule has 0 aliphatic rings. The van der Waals surface area contributed by atoms with Gasteiger partial charge in [0.1, 0.15) is 6.33 Å². The van der Waals surface area contributed by atoms with Crippen LogP contribution in [0, 0.1) is 30.3 Å². The van der Waals surface area contributed by atoms with Crippen molar-refractivity contribution >= 4 is 0 Å². The summed E-state index contributed by atoms with van der Waals surface area (Å²) in [4.78, 5) is 29.3. The Morgan fingerprint density at radius 3 is 1.87 bits per heavy atom. The van der Waals surface area contributed by atoms with Crippen molar-refractivity contribution in [1.29, 1.82) is 0 Å². The Labute approximate surface area is 79.4 Å². The van der Waals surface area contributed by atoms with E-state index in [-0.39, 0.29) is 0 Å². The largest absolute Gasteiger partial charge is 0.764 e. The maximum atomic E-state index is 10.4. The molecule has 0 aliphatic heterocycles. The molecular weight excluding hydrogens is 216 g/mol. The molecule has 0 bridgehead atoms. The maximum Gasteiger partial charge on any atom is 0.764 e. The van der Waals surface area contributed by atoms with E-state index in [1.54, 1.807) is 0 Å². The van der Waals surface area contributed by atoms with Crippen LogP contribution in [0.15, 0.2) is 6.33 Å². The summed E-state index contributed by atoms with van der Waals surface area (Å²) in [6, 6.07) is 0. The predicted octanol–water partition coefficient (Wildman–Crippen LogP) is -1.25. The van der Waals surface area contributed by atoms with Gasteiger partial charge >= 0.3 is 11.6 Å². The zero-order valence-corrected chi connectivity index (χ0v) is 6.76. The van der Waals surface area contributed by atoms with Crippen molar-refractivity contribution in [1.82, 2.24) is 15.2 Å². The smallest absolute Gasteiger partial charge is 0.265 e. The van der Waals surface area contributed by atoms with Crippen molar-refractivity contribution in [3.8, 4) is 0 Å². The van der Waals surface area contributed by atoms with Crippen LogP contribution >= 0.6 is 0 Å². The first-order valence-electron chi connectivity index (χ1n) is 3.23. The van der Waals surface area contributed by atoms with E-state index in [4.69, 9.17) is 0 Å². The second-order valence-electron chi connectivity index (χ2n) is 2.23. The number of nitrogens with one attached hydrogen (secondary N) is 1. The van der Waals surface area contributed by atoms with Crippen molar-refractivity contribution < 1.29 is 14.8 Å². The van der Waals surface area contributed by atoms with Crippen molar-refractivity contribution in [3.05, 3.63) is 42.5 Å². The monoisotopic (exact) mass is 218 g/mol. The normalized spacial score (nSPS) is 10.9. The van der Waals surface area contributed by atoms with Crippen LogP contribution in [-0.2, 0) is 5.79 Å². The Kier molecular flexibility index (Phi) is 2.25. The predicted molar refractivity (Wildman–Crippen MR) is 39.0 cm³/mol. The fourth-order valence-electron chi connectivity index (χ4n) is 0.815. The van der Waals surface area contributed by atoms with E-state index in [0.717, 1.165) is 6.33 Å². The number of aromatic amines is 1. The van der Waals surface area contributed by atoms with Crippen LogP contribution < -0.4 is 0 Å². The lowest BCUT2D eigenvalue weighted by molar-refractivity contribution is -0.987. The number of aromatic nitrogens is 3. The molecule has 1 rings (SSSR count). The molecule has 1 aromatic rings. The van der Waals surface area contributed by atoms with E-state index in [1.165, 1.54) is 0 Å². The highest BCUT2D eigenvalue weighted by molar-refractivity contribution is 4.86.